The summed E-state index contributed by atoms with van der Waals surface area (Å²) in [6.45, 7) is 5.90. The van der Waals surface area contributed by atoms with Crippen LogP contribution in [0.5, 0.6) is 5.75 Å². The van der Waals surface area contributed by atoms with Gasteiger partial charge in [-0.25, -0.2) is 8.42 Å². The maximum Gasteiger partial charge on any atom is 0.271 e. The number of nitrogens with zero attached hydrogens (tertiary/aromatic N) is 4. The molecule has 0 N–H and O–H groups in total. The van der Waals surface area contributed by atoms with E-state index < -0.39 is 10.0 Å². The van der Waals surface area contributed by atoms with Crippen molar-refractivity contribution in [2.24, 2.45) is 0 Å². The number of sulfonamides is 1. The Morgan fingerprint density at radius 1 is 0.879 bits per heavy atom. The molecule has 0 atom stereocenters. The Labute approximate surface area is 194 Å². The van der Waals surface area contributed by atoms with E-state index in [2.05, 4.69) is 5.10 Å². The van der Waals surface area contributed by atoms with Gasteiger partial charge in [-0.3, -0.25) is 4.79 Å². The van der Waals surface area contributed by atoms with Gasteiger partial charge < -0.3 is 9.64 Å². The minimum Gasteiger partial charge on any atom is -0.497 e. The fourth-order valence-corrected chi connectivity index (χ4v) is 5.34. The van der Waals surface area contributed by atoms with E-state index in [0.29, 0.717) is 49.9 Å². The first kappa shape index (κ1) is 23.0. The molecule has 1 aliphatic rings. The van der Waals surface area contributed by atoms with Gasteiger partial charge in [0.05, 0.1) is 17.7 Å². The third-order valence-corrected chi connectivity index (χ3v) is 7.91. The van der Waals surface area contributed by atoms with Crippen LogP contribution in [0.1, 0.15) is 17.5 Å². The first-order valence-electron chi connectivity index (χ1n) is 10.9. The van der Waals surface area contributed by atoms with Crippen molar-refractivity contribution in [3.63, 3.8) is 0 Å². The van der Waals surface area contributed by atoms with E-state index in [-0.39, 0.29) is 10.5 Å². The van der Waals surface area contributed by atoms with Crippen LogP contribution in [0, 0.1) is 13.8 Å². The van der Waals surface area contributed by atoms with E-state index >= 15 is 0 Å². The molecule has 1 aliphatic heterocycles. The monoisotopic (exact) mass is 468 g/mol. The molecule has 174 valence electrons. The summed E-state index contributed by atoms with van der Waals surface area (Å²) < 4.78 is 34.3. The van der Waals surface area contributed by atoms with Crippen LogP contribution in [-0.4, -0.2) is 55.8 Å². The number of rotatable bonds is 5. The average molecular weight is 469 g/mol. The first-order chi connectivity index (χ1) is 15.8. The van der Waals surface area contributed by atoms with Gasteiger partial charge >= 0.3 is 0 Å². The molecule has 2 aromatic carbocycles. The van der Waals surface area contributed by atoms with Crippen molar-refractivity contribution in [1.29, 1.82) is 0 Å². The summed E-state index contributed by atoms with van der Waals surface area (Å²) in [6.07, 6.45) is 0.653. The Morgan fingerprint density at radius 2 is 1.64 bits per heavy atom. The maximum atomic E-state index is 13.1. The van der Waals surface area contributed by atoms with Gasteiger partial charge in [-0.2, -0.15) is 8.99 Å². The lowest BCUT2D eigenvalue weighted by Gasteiger charge is -2.23. The Hall–Kier alpha value is -3.17. The second-order valence-electron chi connectivity index (χ2n) is 8.13. The summed E-state index contributed by atoms with van der Waals surface area (Å²) in [7, 11) is -2.06. The minimum atomic E-state index is -3.61. The quantitative estimate of drug-likeness (QED) is 0.573. The smallest absolute Gasteiger partial charge is 0.271 e. The van der Waals surface area contributed by atoms with E-state index in [4.69, 9.17) is 4.74 Å². The maximum absolute atomic E-state index is 13.1. The lowest BCUT2D eigenvalue weighted by atomic mass is 10.1. The first-order valence-corrected chi connectivity index (χ1v) is 12.3. The number of methoxy groups -OCH3 is 1. The number of benzene rings is 2. The fraction of sp³-hybridized carbons (Fsp3) is 0.333. The molecule has 4 rings (SSSR count). The molecule has 2 heterocycles. The van der Waals surface area contributed by atoms with Gasteiger partial charge in [-0.1, -0.05) is 6.07 Å². The minimum absolute atomic E-state index is 0.208. The van der Waals surface area contributed by atoms with Crippen LogP contribution in [0.3, 0.4) is 0 Å². The molecule has 0 radical (unpaired) electrons. The molecule has 33 heavy (non-hydrogen) atoms. The van der Waals surface area contributed by atoms with Gasteiger partial charge in [0.2, 0.25) is 10.0 Å². The molecule has 1 fully saturated rings. The summed E-state index contributed by atoms with van der Waals surface area (Å²) in [5.41, 5.74) is 2.73. The summed E-state index contributed by atoms with van der Waals surface area (Å²) in [5.74, 6) is 1.26. The summed E-state index contributed by atoms with van der Waals surface area (Å²) >= 11 is 0. The number of ether oxygens (including phenoxy) is 1. The zero-order valence-electron chi connectivity index (χ0n) is 19.1. The summed E-state index contributed by atoms with van der Waals surface area (Å²) in [5, 5.41) is 4.59. The molecular formula is C24H28N4O4S. The zero-order chi connectivity index (χ0) is 23.6. The molecule has 8 nitrogen and oxygen atoms in total. The molecule has 1 aromatic heterocycles. The van der Waals surface area contributed by atoms with Crippen LogP contribution in [-0.2, 0) is 10.0 Å². The SMILES string of the molecule is COc1ccc(S(=O)(=O)N2CCCN(c3ccc(=O)n(-c4ccc(C)c(C)c4)n3)CC2)cc1. The number of aromatic nitrogens is 2. The largest absolute Gasteiger partial charge is 0.497 e. The van der Waals surface area contributed by atoms with Gasteiger partial charge in [0, 0.05) is 32.2 Å². The highest BCUT2D eigenvalue weighted by atomic mass is 32.2. The molecule has 0 spiro atoms. The predicted octanol–water partition coefficient (Wildman–Crippen LogP) is 2.76. The highest BCUT2D eigenvalue weighted by Crippen LogP contribution is 2.22. The van der Waals surface area contributed by atoms with E-state index in [9.17, 15) is 13.2 Å². The lowest BCUT2D eigenvalue weighted by Crippen LogP contribution is -2.36. The van der Waals surface area contributed by atoms with Crippen molar-refractivity contribution >= 4 is 15.8 Å². The second kappa shape index (κ2) is 9.36. The van der Waals surface area contributed by atoms with Gasteiger partial charge in [-0.05, 0) is 73.9 Å². The average Bonchev–Trinajstić information content (AvgIpc) is 3.08. The molecule has 0 saturated carbocycles. The molecule has 0 aliphatic carbocycles. The normalized spacial score (nSPS) is 15.3. The van der Waals surface area contributed by atoms with Crippen LogP contribution >= 0.6 is 0 Å². The zero-order valence-corrected chi connectivity index (χ0v) is 19.9. The van der Waals surface area contributed by atoms with E-state index in [1.165, 1.54) is 15.1 Å². The van der Waals surface area contributed by atoms with Gasteiger partial charge in [0.25, 0.3) is 5.56 Å². The van der Waals surface area contributed by atoms with Crippen molar-refractivity contribution < 1.29 is 13.2 Å². The van der Waals surface area contributed by atoms with E-state index in [1.807, 2.05) is 36.9 Å². The van der Waals surface area contributed by atoms with Crippen molar-refractivity contribution in [3.8, 4) is 11.4 Å². The van der Waals surface area contributed by atoms with Crippen molar-refractivity contribution in [2.45, 2.75) is 25.2 Å². The fourth-order valence-electron chi connectivity index (χ4n) is 3.87. The Balaban J connectivity index is 1.55. The summed E-state index contributed by atoms with van der Waals surface area (Å²) in [6, 6.07) is 15.4. The third-order valence-electron chi connectivity index (χ3n) is 6.00. The highest BCUT2D eigenvalue weighted by molar-refractivity contribution is 7.89. The van der Waals surface area contributed by atoms with Crippen molar-refractivity contribution in [2.75, 3.05) is 38.2 Å². The Bertz CT molecular complexity index is 1300. The number of anilines is 1. The number of aryl methyl sites for hydroxylation is 2. The third kappa shape index (κ3) is 4.79. The Kier molecular flexibility index (Phi) is 6.53. The van der Waals surface area contributed by atoms with E-state index in [0.717, 1.165) is 11.1 Å². The molecule has 3 aromatic rings. The van der Waals surface area contributed by atoms with Crippen LogP contribution in [0.2, 0.25) is 0 Å². The van der Waals surface area contributed by atoms with Gasteiger partial charge in [0.15, 0.2) is 0 Å². The molecule has 0 bridgehead atoms. The topological polar surface area (TPSA) is 84.7 Å². The van der Waals surface area contributed by atoms with Crippen LogP contribution < -0.4 is 15.2 Å². The van der Waals surface area contributed by atoms with Crippen molar-refractivity contribution in [3.05, 3.63) is 76.1 Å². The molecule has 0 unspecified atom stereocenters. The highest BCUT2D eigenvalue weighted by Gasteiger charge is 2.27. The predicted molar refractivity (Wildman–Crippen MR) is 128 cm³/mol. The Morgan fingerprint density at radius 3 is 2.33 bits per heavy atom. The number of hydrogen-bond donors (Lipinski definition) is 0. The van der Waals surface area contributed by atoms with Gasteiger partial charge in [0.1, 0.15) is 11.6 Å². The molecule has 0 amide bonds. The van der Waals surface area contributed by atoms with Crippen LogP contribution in [0.25, 0.3) is 5.69 Å². The lowest BCUT2D eigenvalue weighted by molar-refractivity contribution is 0.413. The van der Waals surface area contributed by atoms with E-state index in [1.54, 1.807) is 37.4 Å². The number of hydrogen-bond acceptors (Lipinski definition) is 6. The van der Waals surface area contributed by atoms with Gasteiger partial charge in [-0.15, -0.1) is 5.10 Å². The van der Waals surface area contributed by atoms with Crippen LogP contribution in [0.4, 0.5) is 5.82 Å². The second-order valence-corrected chi connectivity index (χ2v) is 10.1. The standard InChI is InChI=1S/C24H28N4O4S/c1-18-5-6-20(17-19(18)2)28-24(29)12-11-23(25-28)26-13-4-14-27(16-15-26)33(30,31)22-9-7-21(32-3)8-10-22/h5-12,17H,4,13-16H2,1-3H3. The van der Waals surface area contributed by atoms with Crippen LogP contribution in [0.15, 0.2) is 64.3 Å². The molecule has 1 saturated heterocycles. The molecule has 9 heteroatoms. The molecular weight excluding hydrogens is 440 g/mol. The van der Waals surface area contributed by atoms with Crippen molar-refractivity contribution in [1.82, 2.24) is 14.1 Å². The summed E-state index contributed by atoms with van der Waals surface area (Å²) in [4.78, 5) is 14.8.